The van der Waals surface area contributed by atoms with E-state index in [-0.39, 0.29) is 10.7 Å². The minimum Gasteiger partial charge on any atom is -0.305 e. The summed E-state index contributed by atoms with van der Waals surface area (Å²) in [7, 11) is -1.14. The highest BCUT2D eigenvalue weighted by molar-refractivity contribution is 7.96. The fourth-order valence-electron chi connectivity index (χ4n) is 3.13. The van der Waals surface area contributed by atoms with E-state index in [4.69, 9.17) is 0 Å². The highest BCUT2D eigenvalue weighted by Crippen LogP contribution is 2.32. The molecule has 0 bridgehead atoms. The van der Waals surface area contributed by atoms with Gasteiger partial charge in [0, 0.05) is 6.54 Å². The molecule has 4 heteroatoms. The van der Waals surface area contributed by atoms with E-state index in [1.807, 2.05) is 19.2 Å². The van der Waals surface area contributed by atoms with Crippen molar-refractivity contribution in [2.24, 2.45) is 11.3 Å². The molecule has 2 unspecified atom stereocenters. The van der Waals surface area contributed by atoms with Crippen molar-refractivity contribution >= 4 is 9.84 Å². The van der Waals surface area contributed by atoms with Crippen molar-refractivity contribution in [3.63, 3.8) is 0 Å². The van der Waals surface area contributed by atoms with Gasteiger partial charge in [0.15, 0.2) is 9.84 Å². The van der Waals surface area contributed by atoms with Crippen molar-refractivity contribution in [3.8, 4) is 0 Å². The summed E-state index contributed by atoms with van der Waals surface area (Å²) >= 11 is 0. The van der Waals surface area contributed by atoms with E-state index in [1.165, 1.54) is 0 Å². The Bertz CT molecular complexity index is 511. The Morgan fingerprint density at radius 2 is 2.05 bits per heavy atom. The van der Waals surface area contributed by atoms with E-state index < -0.39 is 9.84 Å². The summed E-state index contributed by atoms with van der Waals surface area (Å²) < 4.78 is 25.2. The van der Waals surface area contributed by atoms with Gasteiger partial charge in [0.05, 0.1) is 10.2 Å². The number of nitrogens with zero attached hydrogens (tertiary/aromatic N) is 1. The second-order valence-corrected chi connectivity index (χ2v) is 9.67. The summed E-state index contributed by atoms with van der Waals surface area (Å²) in [4.78, 5) is 2.64. The predicted octanol–water partition coefficient (Wildman–Crippen LogP) is 3.00. The van der Waals surface area contributed by atoms with Gasteiger partial charge in [-0.3, -0.25) is 0 Å². The van der Waals surface area contributed by atoms with Gasteiger partial charge < -0.3 is 4.90 Å². The van der Waals surface area contributed by atoms with Crippen molar-refractivity contribution < 1.29 is 8.42 Å². The standard InChI is InChI=1S/C16H27NO2S/c1-16(2,3)11-13-5-7-14(8-6-13)20(18,19)15-9-10-17(4)12-15/h5,7-8,13,15H,6,9-12H2,1-4H3. The Balaban J connectivity index is 2.04. The molecule has 1 saturated heterocycles. The maximum absolute atomic E-state index is 12.6. The second-order valence-electron chi connectivity index (χ2n) is 7.44. The molecule has 20 heavy (non-hydrogen) atoms. The Labute approximate surface area is 123 Å². The van der Waals surface area contributed by atoms with Crippen LogP contribution in [-0.4, -0.2) is 38.7 Å². The smallest absolute Gasteiger partial charge is 0.182 e. The average Bonchev–Trinajstić information content (AvgIpc) is 2.75. The number of sulfone groups is 1. The molecule has 0 radical (unpaired) electrons. The molecule has 3 nitrogen and oxygen atoms in total. The van der Waals surface area contributed by atoms with Crippen LogP contribution in [0.5, 0.6) is 0 Å². The van der Waals surface area contributed by atoms with Crippen LogP contribution in [0.1, 0.15) is 40.0 Å². The number of hydrogen-bond donors (Lipinski definition) is 0. The third kappa shape index (κ3) is 3.73. The van der Waals surface area contributed by atoms with Crippen molar-refractivity contribution in [2.75, 3.05) is 20.1 Å². The highest BCUT2D eigenvalue weighted by Gasteiger charge is 2.34. The van der Waals surface area contributed by atoms with Crippen LogP contribution in [0.2, 0.25) is 0 Å². The molecule has 2 rings (SSSR count). The van der Waals surface area contributed by atoms with Gasteiger partial charge in [-0.2, -0.15) is 0 Å². The lowest BCUT2D eigenvalue weighted by Gasteiger charge is -2.25. The van der Waals surface area contributed by atoms with Gasteiger partial charge in [-0.05, 0) is 50.3 Å². The molecule has 2 atom stereocenters. The van der Waals surface area contributed by atoms with Crippen LogP contribution in [0.25, 0.3) is 0 Å². The van der Waals surface area contributed by atoms with Gasteiger partial charge in [-0.25, -0.2) is 8.42 Å². The molecule has 0 amide bonds. The first kappa shape index (κ1) is 15.8. The molecule has 0 N–H and O–H groups in total. The number of hydrogen-bond acceptors (Lipinski definition) is 3. The van der Waals surface area contributed by atoms with Crippen LogP contribution in [0.4, 0.5) is 0 Å². The highest BCUT2D eigenvalue weighted by atomic mass is 32.2. The topological polar surface area (TPSA) is 37.4 Å². The molecule has 0 aromatic rings. The molecule has 0 aromatic carbocycles. The minimum absolute atomic E-state index is 0.220. The zero-order chi connectivity index (χ0) is 15.0. The summed E-state index contributed by atoms with van der Waals surface area (Å²) in [5.74, 6) is 0.472. The zero-order valence-electron chi connectivity index (χ0n) is 13.1. The molecular weight excluding hydrogens is 270 g/mol. The normalized spacial score (nSPS) is 28.7. The van der Waals surface area contributed by atoms with Crippen molar-refractivity contribution in [3.05, 3.63) is 23.1 Å². The van der Waals surface area contributed by atoms with Crippen LogP contribution in [-0.2, 0) is 9.84 Å². The number of likely N-dealkylation sites (tertiary alicyclic amines) is 1. The molecule has 0 spiro atoms. The lowest BCUT2D eigenvalue weighted by molar-refractivity contribution is 0.325. The summed E-state index contributed by atoms with van der Waals surface area (Å²) in [6.07, 6.45) is 8.58. The van der Waals surface area contributed by atoms with Crippen LogP contribution in [0, 0.1) is 11.3 Å². The maximum atomic E-state index is 12.6. The average molecular weight is 297 g/mol. The van der Waals surface area contributed by atoms with Gasteiger partial charge in [0.1, 0.15) is 0 Å². The van der Waals surface area contributed by atoms with E-state index in [0.717, 1.165) is 25.8 Å². The van der Waals surface area contributed by atoms with Crippen molar-refractivity contribution in [1.29, 1.82) is 0 Å². The Morgan fingerprint density at radius 1 is 1.35 bits per heavy atom. The zero-order valence-corrected chi connectivity index (χ0v) is 13.9. The summed E-state index contributed by atoms with van der Waals surface area (Å²) in [6.45, 7) is 8.23. The molecule has 1 aliphatic heterocycles. The van der Waals surface area contributed by atoms with E-state index in [0.29, 0.717) is 17.4 Å². The quantitative estimate of drug-likeness (QED) is 0.803. The number of rotatable bonds is 3. The Hall–Kier alpha value is -0.610. The first-order chi connectivity index (χ1) is 9.18. The molecule has 0 saturated carbocycles. The molecular formula is C16H27NO2S. The molecule has 1 heterocycles. The molecule has 1 fully saturated rings. The summed E-state index contributed by atoms with van der Waals surface area (Å²) in [5.41, 5.74) is 0.285. The lowest BCUT2D eigenvalue weighted by Crippen LogP contribution is -2.26. The molecule has 1 aliphatic carbocycles. The lowest BCUT2D eigenvalue weighted by atomic mass is 9.82. The van der Waals surface area contributed by atoms with E-state index in [9.17, 15) is 8.42 Å². The third-order valence-corrected chi connectivity index (χ3v) is 6.37. The SMILES string of the molecule is CN1CCC(S(=O)(=O)C2=CCC(CC(C)(C)C)C=C2)C1. The Morgan fingerprint density at radius 3 is 2.50 bits per heavy atom. The van der Waals surface area contributed by atoms with Crippen molar-refractivity contribution in [2.45, 2.75) is 45.3 Å². The molecule has 2 aliphatic rings. The third-order valence-electron chi connectivity index (χ3n) is 4.14. The second kappa shape index (κ2) is 5.64. The van der Waals surface area contributed by atoms with E-state index in [2.05, 4.69) is 31.7 Å². The number of allylic oxidation sites excluding steroid dienone is 3. The van der Waals surface area contributed by atoms with Gasteiger partial charge >= 0.3 is 0 Å². The molecule has 114 valence electrons. The van der Waals surface area contributed by atoms with Crippen LogP contribution >= 0.6 is 0 Å². The summed E-state index contributed by atoms with van der Waals surface area (Å²) in [6, 6.07) is 0. The fourth-order valence-corrected chi connectivity index (χ4v) is 4.98. The first-order valence-electron chi connectivity index (χ1n) is 7.49. The summed E-state index contributed by atoms with van der Waals surface area (Å²) in [5, 5.41) is -0.220. The van der Waals surface area contributed by atoms with Crippen LogP contribution in [0.3, 0.4) is 0 Å². The van der Waals surface area contributed by atoms with Crippen LogP contribution < -0.4 is 0 Å². The maximum Gasteiger partial charge on any atom is 0.182 e. The van der Waals surface area contributed by atoms with Crippen molar-refractivity contribution in [1.82, 2.24) is 4.90 Å². The molecule has 0 aromatic heterocycles. The Kier molecular flexibility index (Phi) is 4.45. The van der Waals surface area contributed by atoms with Gasteiger partial charge in [0.2, 0.25) is 0 Å². The van der Waals surface area contributed by atoms with E-state index >= 15 is 0 Å². The fraction of sp³-hybridized carbons (Fsp3) is 0.750. The van der Waals surface area contributed by atoms with Gasteiger partial charge in [-0.15, -0.1) is 0 Å². The van der Waals surface area contributed by atoms with E-state index in [1.54, 1.807) is 0 Å². The predicted molar refractivity (Wildman–Crippen MR) is 84.2 cm³/mol. The minimum atomic E-state index is -3.13. The first-order valence-corrected chi connectivity index (χ1v) is 9.04. The largest absolute Gasteiger partial charge is 0.305 e. The monoisotopic (exact) mass is 297 g/mol. The van der Waals surface area contributed by atoms with Gasteiger partial charge in [-0.1, -0.05) is 32.9 Å². The van der Waals surface area contributed by atoms with Crippen LogP contribution in [0.15, 0.2) is 23.1 Å². The van der Waals surface area contributed by atoms with Gasteiger partial charge in [0.25, 0.3) is 0 Å².